The van der Waals surface area contributed by atoms with E-state index in [1.807, 2.05) is 23.1 Å². The van der Waals surface area contributed by atoms with Gasteiger partial charge in [0.1, 0.15) is 17.3 Å². The van der Waals surface area contributed by atoms with E-state index in [0.717, 1.165) is 31.0 Å². The first kappa shape index (κ1) is 25.4. The van der Waals surface area contributed by atoms with Crippen LogP contribution >= 0.6 is 11.8 Å². The van der Waals surface area contributed by atoms with Crippen LogP contribution in [0, 0.1) is 5.82 Å². The number of pyridine rings is 1. The summed E-state index contributed by atoms with van der Waals surface area (Å²) in [7, 11) is 0. The van der Waals surface area contributed by atoms with Gasteiger partial charge in [-0.25, -0.2) is 13.2 Å². The van der Waals surface area contributed by atoms with Crippen LogP contribution in [0.4, 0.5) is 18.9 Å². The Kier molecular flexibility index (Phi) is 7.18. The van der Waals surface area contributed by atoms with E-state index in [1.54, 1.807) is 18.3 Å². The Morgan fingerprint density at radius 3 is 2.53 bits per heavy atom. The molecule has 2 unspecified atom stereocenters. The number of halogens is 3. The second-order valence-corrected chi connectivity index (χ2v) is 11.6. The summed E-state index contributed by atoms with van der Waals surface area (Å²) in [6.07, 6.45) is 2.67. The van der Waals surface area contributed by atoms with Gasteiger partial charge in [0.2, 0.25) is 0 Å². The average Bonchev–Trinajstić information content (AvgIpc) is 3.69. The van der Waals surface area contributed by atoms with Crippen molar-refractivity contribution in [3.8, 4) is 0 Å². The van der Waals surface area contributed by atoms with Gasteiger partial charge >= 0.3 is 0 Å². The van der Waals surface area contributed by atoms with E-state index in [0.29, 0.717) is 41.6 Å². The summed E-state index contributed by atoms with van der Waals surface area (Å²) in [5.41, 5.74) is 2.08. The summed E-state index contributed by atoms with van der Waals surface area (Å²) < 4.78 is 40.9. The van der Waals surface area contributed by atoms with Gasteiger partial charge in [-0.05, 0) is 55.0 Å². The maximum atomic E-state index is 15.0. The molecule has 0 radical (unpaired) electrons. The fourth-order valence-corrected chi connectivity index (χ4v) is 7.20. The van der Waals surface area contributed by atoms with Gasteiger partial charge in [0.15, 0.2) is 0 Å². The van der Waals surface area contributed by atoms with Gasteiger partial charge in [0, 0.05) is 49.4 Å². The topological polar surface area (TPSA) is 47.3 Å². The van der Waals surface area contributed by atoms with Crippen molar-refractivity contribution in [2.75, 3.05) is 29.5 Å². The minimum Gasteiger partial charge on any atom is -0.353 e. The number of rotatable bonds is 8. The summed E-state index contributed by atoms with van der Waals surface area (Å²) in [5.74, 6) is 2.96. The van der Waals surface area contributed by atoms with Gasteiger partial charge in [-0.15, -0.1) is 0 Å². The predicted molar refractivity (Wildman–Crippen MR) is 147 cm³/mol. The molecule has 0 N–H and O–H groups in total. The molecular weight excluding hydrogens is 509 g/mol. The van der Waals surface area contributed by atoms with Crippen LogP contribution in [0.5, 0.6) is 0 Å². The molecule has 4 aliphatic heterocycles. The molecule has 4 aliphatic rings. The Morgan fingerprint density at radius 1 is 1.05 bits per heavy atom. The number of hydrogen-bond donors (Lipinski definition) is 0. The Hall–Kier alpha value is -2.85. The van der Waals surface area contributed by atoms with Crippen LogP contribution in [-0.4, -0.2) is 75.4 Å². The number of fused-ring (bicyclic) bond motifs is 2. The summed E-state index contributed by atoms with van der Waals surface area (Å²) >= 11 is 2.05. The zero-order chi connectivity index (χ0) is 26.2. The fraction of sp³-hybridized carbons (Fsp3) is 0.464. The van der Waals surface area contributed by atoms with Crippen LogP contribution in [0.1, 0.15) is 36.9 Å². The SMILES string of the molecule is C=C(N(Cc1ccc(C2=NN=C(C(F)F)C2)cn1)c1ccccc1F)N1CC2CC1CN2C1CCSCC1. The standard InChI is InChI=1S/C28H31F3N6S/c1-18(35-16-23-12-22(35)17-37(23)21-8-10-38-11-9-21)36(27-5-3-2-4-24(27)29)15-20-7-6-19(14-32-20)25-13-26(28(30)31)34-33-25/h2-7,14,21-23,28H,1,8-13,15-17H2. The largest absolute Gasteiger partial charge is 0.353 e. The molecule has 1 aromatic heterocycles. The number of benzene rings is 1. The van der Waals surface area contributed by atoms with Gasteiger partial charge in [-0.2, -0.15) is 22.0 Å². The maximum Gasteiger partial charge on any atom is 0.278 e. The minimum absolute atomic E-state index is 0.0189. The molecule has 2 atom stereocenters. The lowest BCUT2D eigenvalue weighted by Gasteiger charge is -2.43. The van der Waals surface area contributed by atoms with Gasteiger partial charge in [-0.1, -0.05) is 18.7 Å². The Bertz CT molecular complexity index is 1240. The number of piperazine rings is 1. The van der Waals surface area contributed by atoms with Crippen LogP contribution in [0.25, 0.3) is 0 Å². The molecule has 2 aromatic rings. The second-order valence-electron chi connectivity index (χ2n) is 10.3. The molecular formula is C28H31F3N6S. The van der Waals surface area contributed by atoms with E-state index in [4.69, 9.17) is 0 Å². The first-order chi connectivity index (χ1) is 18.5. The summed E-state index contributed by atoms with van der Waals surface area (Å²) in [6.45, 7) is 6.71. The lowest BCUT2D eigenvalue weighted by Crippen LogP contribution is -2.52. The van der Waals surface area contributed by atoms with Gasteiger partial charge < -0.3 is 9.80 Å². The molecule has 2 bridgehead atoms. The molecule has 0 amide bonds. The number of para-hydroxylation sites is 1. The molecule has 5 heterocycles. The lowest BCUT2D eigenvalue weighted by atomic mass is 10.1. The third kappa shape index (κ3) is 4.96. The zero-order valence-corrected chi connectivity index (χ0v) is 22.0. The van der Waals surface area contributed by atoms with E-state index in [-0.39, 0.29) is 17.9 Å². The summed E-state index contributed by atoms with van der Waals surface area (Å²) in [6, 6.07) is 11.9. The van der Waals surface area contributed by atoms with E-state index in [9.17, 15) is 8.78 Å². The number of aromatic nitrogens is 1. The highest BCUT2D eigenvalue weighted by atomic mass is 32.2. The van der Waals surface area contributed by atoms with E-state index in [1.165, 1.54) is 30.4 Å². The molecule has 1 aromatic carbocycles. The van der Waals surface area contributed by atoms with Crippen LogP contribution in [0.2, 0.25) is 0 Å². The minimum atomic E-state index is -2.61. The molecule has 0 spiro atoms. The quantitative estimate of drug-likeness (QED) is 0.463. The normalized spacial score (nSPS) is 23.7. The Labute approximate surface area is 225 Å². The molecule has 3 fully saturated rings. The number of nitrogens with zero attached hydrogens (tertiary/aromatic N) is 6. The number of thioether (sulfide) groups is 1. The summed E-state index contributed by atoms with van der Waals surface area (Å²) in [5, 5.41) is 7.49. The van der Waals surface area contributed by atoms with Crippen molar-refractivity contribution in [3.63, 3.8) is 0 Å². The fourth-order valence-electron chi connectivity index (χ4n) is 6.12. The molecule has 38 heavy (non-hydrogen) atoms. The third-order valence-corrected chi connectivity index (χ3v) is 9.16. The molecule has 3 saturated heterocycles. The molecule has 6 nitrogen and oxygen atoms in total. The van der Waals surface area contributed by atoms with Crippen molar-refractivity contribution in [1.82, 2.24) is 14.8 Å². The Balaban J connectivity index is 1.18. The molecule has 10 heteroatoms. The highest BCUT2D eigenvalue weighted by Crippen LogP contribution is 2.39. The number of likely N-dealkylation sites (tertiary alicyclic amines) is 2. The van der Waals surface area contributed by atoms with Crippen molar-refractivity contribution in [1.29, 1.82) is 0 Å². The third-order valence-electron chi connectivity index (χ3n) is 8.11. The summed E-state index contributed by atoms with van der Waals surface area (Å²) in [4.78, 5) is 11.5. The van der Waals surface area contributed by atoms with Crippen LogP contribution in [0.3, 0.4) is 0 Å². The lowest BCUT2D eigenvalue weighted by molar-refractivity contribution is 0.103. The zero-order valence-electron chi connectivity index (χ0n) is 21.1. The van der Waals surface area contributed by atoms with Crippen molar-refractivity contribution < 1.29 is 13.2 Å². The van der Waals surface area contributed by atoms with Crippen molar-refractivity contribution >= 4 is 28.9 Å². The van der Waals surface area contributed by atoms with E-state index in [2.05, 4.69) is 43.3 Å². The van der Waals surface area contributed by atoms with Gasteiger partial charge in [0.05, 0.1) is 23.6 Å². The number of hydrogen-bond acceptors (Lipinski definition) is 7. The van der Waals surface area contributed by atoms with Crippen molar-refractivity contribution in [3.05, 3.63) is 72.1 Å². The highest BCUT2D eigenvalue weighted by Gasteiger charge is 2.46. The Morgan fingerprint density at radius 2 is 1.87 bits per heavy atom. The predicted octanol–water partition coefficient (Wildman–Crippen LogP) is 5.17. The van der Waals surface area contributed by atoms with Crippen LogP contribution in [0.15, 0.2) is 65.2 Å². The average molecular weight is 541 g/mol. The maximum absolute atomic E-state index is 15.0. The first-order valence-corrected chi connectivity index (χ1v) is 14.3. The number of anilines is 1. The molecule has 0 aliphatic carbocycles. The highest BCUT2D eigenvalue weighted by molar-refractivity contribution is 7.99. The van der Waals surface area contributed by atoms with E-state index < -0.39 is 6.43 Å². The molecule has 0 saturated carbocycles. The number of alkyl halides is 2. The van der Waals surface area contributed by atoms with Crippen LogP contribution in [-0.2, 0) is 6.54 Å². The van der Waals surface area contributed by atoms with Gasteiger partial charge in [-0.3, -0.25) is 9.88 Å². The van der Waals surface area contributed by atoms with Crippen molar-refractivity contribution in [2.24, 2.45) is 10.2 Å². The van der Waals surface area contributed by atoms with E-state index >= 15 is 4.39 Å². The van der Waals surface area contributed by atoms with Crippen molar-refractivity contribution in [2.45, 2.75) is 56.8 Å². The second kappa shape index (κ2) is 10.7. The monoisotopic (exact) mass is 540 g/mol. The first-order valence-electron chi connectivity index (χ1n) is 13.2. The molecule has 200 valence electrons. The smallest absolute Gasteiger partial charge is 0.278 e. The van der Waals surface area contributed by atoms with Gasteiger partial charge in [0.25, 0.3) is 6.43 Å². The molecule has 6 rings (SSSR count). The van der Waals surface area contributed by atoms with Crippen LogP contribution < -0.4 is 4.90 Å².